The van der Waals surface area contributed by atoms with Crippen molar-refractivity contribution in [3.8, 4) is 0 Å². The van der Waals surface area contributed by atoms with E-state index in [1.54, 1.807) is 0 Å². The van der Waals surface area contributed by atoms with E-state index < -0.39 is 0 Å². The first-order chi connectivity index (χ1) is 8.79. The lowest BCUT2D eigenvalue weighted by Gasteiger charge is -2.21. The van der Waals surface area contributed by atoms with Crippen molar-refractivity contribution in [1.29, 1.82) is 0 Å². The predicted octanol–water partition coefficient (Wildman–Crippen LogP) is 1.64. The van der Waals surface area contributed by atoms with Gasteiger partial charge in [-0.05, 0) is 18.1 Å². The lowest BCUT2D eigenvalue weighted by Crippen LogP contribution is -2.36. The SMILES string of the molecule is Cn1ccnc1C(NN)C1Cc2ccccc2S1. The number of imidazole rings is 1. The van der Waals surface area contributed by atoms with E-state index in [4.69, 9.17) is 5.84 Å². The minimum atomic E-state index is 0.0717. The standard InChI is InChI=1S/C13H16N4S/c1-17-7-6-15-13(17)12(16-14)11-8-9-4-2-3-5-10(9)18-11/h2-7,11-12,16H,8,14H2,1H3. The first-order valence-corrected chi connectivity index (χ1v) is 6.85. The zero-order valence-corrected chi connectivity index (χ0v) is 11.0. The van der Waals surface area contributed by atoms with Crippen LogP contribution in [0.25, 0.3) is 0 Å². The number of aryl methyl sites for hydroxylation is 1. The fraction of sp³-hybridized carbons (Fsp3) is 0.308. The quantitative estimate of drug-likeness (QED) is 0.651. The maximum atomic E-state index is 5.73. The molecule has 0 saturated heterocycles. The van der Waals surface area contributed by atoms with Crippen molar-refractivity contribution in [2.45, 2.75) is 22.6 Å². The summed E-state index contributed by atoms with van der Waals surface area (Å²) in [5.74, 6) is 6.72. The maximum absolute atomic E-state index is 5.73. The molecule has 1 aliphatic heterocycles. The molecule has 0 spiro atoms. The summed E-state index contributed by atoms with van der Waals surface area (Å²) in [6.07, 6.45) is 4.79. The average molecular weight is 260 g/mol. The van der Waals surface area contributed by atoms with E-state index in [-0.39, 0.29) is 6.04 Å². The Kier molecular flexibility index (Phi) is 3.11. The summed E-state index contributed by atoms with van der Waals surface area (Å²) < 4.78 is 2.02. The lowest BCUT2D eigenvalue weighted by atomic mass is 10.1. The van der Waals surface area contributed by atoms with Crippen LogP contribution in [0.1, 0.15) is 17.4 Å². The van der Waals surface area contributed by atoms with Crippen LogP contribution in [0.4, 0.5) is 0 Å². The number of hydrogen-bond donors (Lipinski definition) is 2. The summed E-state index contributed by atoms with van der Waals surface area (Å²) in [6, 6.07) is 8.61. The number of aromatic nitrogens is 2. The molecule has 2 aromatic rings. The Labute approximate surface area is 111 Å². The van der Waals surface area contributed by atoms with Gasteiger partial charge in [0.25, 0.3) is 0 Å². The third kappa shape index (κ3) is 1.94. The van der Waals surface area contributed by atoms with Gasteiger partial charge in [0.2, 0.25) is 0 Å². The minimum absolute atomic E-state index is 0.0717. The Morgan fingerprint density at radius 3 is 3.00 bits per heavy atom. The number of hydrazine groups is 1. The van der Waals surface area contributed by atoms with Crippen LogP contribution in [0.5, 0.6) is 0 Å². The highest BCUT2D eigenvalue weighted by molar-refractivity contribution is 8.00. The second-order valence-corrected chi connectivity index (χ2v) is 5.79. The summed E-state index contributed by atoms with van der Waals surface area (Å²) in [5, 5.41) is 0.397. The number of thioether (sulfide) groups is 1. The minimum Gasteiger partial charge on any atom is -0.337 e. The highest BCUT2D eigenvalue weighted by Crippen LogP contribution is 2.41. The molecule has 1 aromatic carbocycles. The molecular formula is C13H16N4S. The topological polar surface area (TPSA) is 55.9 Å². The molecule has 4 nitrogen and oxygen atoms in total. The monoisotopic (exact) mass is 260 g/mol. The van der Waals surface area contributed by atoms with Crippen LogP contribution in [0, 0.1) is 0 Å². The maximum Gasteiger partial charge on any atom is 0.128 e. The van der Waals surface area contributed by atoms with E-state index >= 15 is 0 Å². The molecule has 3 N–H and O–H groups in total. The second-order valence-electron chi connectivity index (χ2n) is 4.51. The Morgan fingerprint density at radius 1 is 1.50 bits per heavy atom. The van der Waals surface area contributed by atoms with Gasteiger partial charge in [-0.1, -0.05) is 18.2 Å². The van der Waals surface area contributed by atoms with E-state index in [1.165, 1.54) is 10.5 Å². The van der Waals surface area contributed by atoms with Gasteiger partial charge in [-0.3, -0.25) is 5.84 Å². The van der Waals surface area contributed by atoms with Gasteiger partial charge >= 0.3 is 0 Å². The molecule has 2 heterocycles. The third-order valence-electron chi connectivity index (χ3n) is 3.36. The van der Waals surface area contributed by atoms with Gasteiger partial charge in [-0.15, -0.1) is 11.8 Å². The molecule has 1 aromatic heterocycles. The molecule has 2 atom stereocenters. The predicted molar refractivity (Wildman–Crippen MR) is 73.1 cm³/mol. The van der Waals surface area contributed by atoms with Crippen molar-refractivity contribution in [2.24, 2.45) is 12.9 Å². The zero-order chi connectivity index (χ0) is 12.5. The first-order valence-electron chi connectivity index (χ1n) is 5.97. The Hall–Kier alpha value is -1.30. The Morgan fingerprint density at radius 2 is 2.33 bits per heavy atom. The Bertz CT molecular complexity index is 526. The first kappa shape index (κ1) is 11.8. The molecule has 0 fully saturated rings. The molecular weight excluding hydrogens is 244 g/mol. The molecule has 18 heavy (non-hydrogen) atoms. The third-order valence-corrected chi connectivity index (χ3v) is 4.75. The summed E-state index contributed by atoms with van der Waals surface area (Å²) in [4.78, 5) is 5.76. The van der Waals surface area contributed by atoms with Crippen LogP contribution in [0.3, 0.4) is 0 Å². The van der Waals surface area contributed by atoms with E-state index in [9.17, 15) is 0 Å². The highest BCUT2D eigenvalue weighted by Gasteiger charge is 2.31. The summed E-state index contributed by atoms with van der Waals surface area (Å²) in [7, 11) is 2.00. The molecule has 0 amide bonds. The van der Waals surface area contributed by atoms with Crippen LogP contribution in [0.2, 0.25) is 0 Å². The molecule has 94 valence electrons. The van der Waals surface area contributed by atoms with E-state index in [1.807, 2.05) is 35.8 Å². The van der Waals surface area contributed by atoms with Crippen LogP contribution < -0.4 is 11.3 Å². The number of rotatable bonds is 3. The van der Waals surface area contributed by atoms with E-state index in [2.05, 4.69) is 34.7 Å². The zero-order valence-electron chi connectivity index (χ0n) is 10.2. The van der Waals surface area contributed by atoms with Crippen molar-refractivity contribution in [2.75, 3.05) is 0 Å². The second kappa shape index (κ2) is 4.76. The fourth-order valence-corrected chi connectivity index (χ4v) is 3.81. The molecule has 5 heteroatoms. The number of benzene rings is 1. The van der Waals surface area contributed by atoms with Crippen LogP contribution in [-0.4, -0.2) is 14.8 Å². The van der Waals surface area contributed by atoms with Gasteiger partial charge in [-0.25, -0.2) is 10.4 Å². The molecule has 0 saturated carbocycles. The summed E-state index contributed by atoms with van der Waals surface area (Å²) >= 11 is 1.88. The van der Waals surface area contributed by atoms with Gasteiger partial charge in [0.05, 0.1) is 6.04 Å². The van der Waals surface area contributed by atoms with Crippen molar-refractivity contribution < 1.29 is 0 Å². The Balaban J connectivity index is 1.86. The molecule has 0 bridgehead atoms. The largest absolute Gasteiger partial charge is 0.337 e. The average Bonchev–Trinajstić information content (AvgIpc) is 2.97. The van der Waals surface area contributed by atoms with Crippen molar-refractivity contribution in [1.82, 2.24) is 15.0 Å². The normalized spacial score (nSPS) is 19.8. The van der Waals surface area contributed by atoms with Gasteiger partial charge in [0, 0.05) is 29.6 Å². The highest BCUT2D eigenvalue weighted by atomic mass is 32.2. The number of fused-ring (bicyclic) bond motifs is 1. The number of nitrogens with zero attached hydrogens (tertiary/aromatic N) is 2. The van der Waals surface area contributed by atoms with Gasteiger partial charge in [0.15, 0.2) is 0 Å². The van der Waals surface area contributed by atoms with Crippen LogP contribution >= 0.6 is 11.8 Å². The van der Waals surface area contributed by atoms with Crippen molar-refractivity contribution >= 4 is 11.8 Å². The number of nitrogens with one attached hydrogen (secondary N) is 1. The van der Waals surface area contributed by atoms with Crippen LogP contribution in [0.15, 0.2) is 41.6 Å². The molecule has 0 radical (unpaired) electrons. The summed E-state index contributed by atoms with van der Waals surface area (Å²) in [5.41, 5.74) is 4.32. The van der Waals surface area contributed by atoms with Gasteiger partial charge in [0.1, 0.15) is 5.82 Å². The lowest BCUT2D eigenvalue weighted by molar-refractivity contribution is 0.492. The van der Waals surface area contributed by atoms with E-state index in [0.29, 0.717) is 5.25 Å². The van der Waals surface area contributed by atoms with Crippen molar-refractivity contribution in [3.63, 3.8) is 0 Å². The smallest absolute Gasteiger partial charge is 0.128 e. The molecule has 0 aliphatic carbocycles. The van der Waals surface area contributed by atoms with Gasteiger partial charge in [-0.2, -0.15) is 0 Å². The molecule has 2 unspecified atom stereocenters. The molecule has 1 aliphatic rings. The fourth-order valence-electron chi connectivity index (χ4n) is 2.42. The van der Waals surface area contributed by atoms with Crippen LogP contribution in [-0.2, 0) is 13.5 Å². The number of nitrogens with two attached hydrogens (primary N) is 1. The summed E-state index contributed by atoms with van der Waals surface area (Å²) in [6.45, 7) is 0. The van der Waals surface area contributed by atoms with Gasteiger partial charge < -0.3 is 4.57 Å². The van der Waals surface area contributed by atoms with E-state index in [0.717, 1.165) is 12.2 Å². The van der Waals surface area contributed by atoms with Crippen molar-refractivity contribution in [3.05, 3.63) is 48.0 Å². The number of hydrogen-bond acceptors (Lipinski definition) is 4. The molecule has 3 rings (SSSR count).